The Balaban J connectivity index is 1.95. The van der Waals surface area contributed by atoms with E-state index in [4.69, 9.17) is 11.6 Å². The Morgan fingerprint density at radius 3 is 2.47 bits per heavy atom. The van der Waals surface area contributed by atoms with Crippen LogP contribution in [0.5, 0.6) is 0 Å². The maximum absolute atomic E-state index is 12.4. The zero-order chi connectivity index (χ0) is 12.3. The van der Waals surface area contributed by atoms with Crippen LogP contribution in [-0.2, 0) is 4.79 Å². The average Bonchev–Trinajstić information content (AvgIpc) is 2.82. The maximum atomic E-state index is 12.4. The van der Waals surface area contributed by atoms with E-state index in [9.17, 15) is 4.79 Å². The van der Waals surface area contributed by atoms with Gasteiger partial charge in [0, 0.05) is 11.5 Å². The minimum absolute atomic E-state index is 0.0753. The fourth-order valence-corrected chi connectivity index (χ4v) is 3.71. The molecular formula is C14H24ClNO. The minimum Gasteiger partial charge on any atom is -0.351 e. The number of hydrogen-bond acceptors (Lipinski definition) is 1. The molecule has 0 aromatic carbocycles. The second-order valence-electron chi connectivity index (χ2n) is 5.72. The van der Waals surface area contributed by atoms with Crippen molar-refractivity contribution < 1.29 is 4.79 Å². The van der Waals surface area contributed by atoms with Crippen LogP contribution in [0.15, 0.2) is 0 Å². The van der Waals surface area contributed by atoms with Gasteiger partial charge in [-0.15, -0.1) is 11.6 Å². The number of alkyl halides is 1. The molecule has 1 N–H and O–H groups in total. The molecule has 0 heterocycles. The molecule has 2 fully saturated rings. The van der Waals surface area contributed by atoms with Gasteiger partial charge in [0.15, 0.2) is 0 Å². The maximum Gasteiger partial charge on any atom is 0.226 e. The molecule has 0 saturated heterocycles. The highest BCUT2D eigenvalue weighted by atomic mass is 35.5. The summed E-state index contributed by atoms with van der Waals surface area (Å²) in [6, 6.07) is 0.210. The fourth-order valence-electron chi connectivity index (χ4n) is 3.36. The second kappa shape index (κ2) is 5.60. The minimum atomic E-state index is -0.0753. The predicted molar refractivity (Wildman–Crippen MR) is 71.2 cm³/mol. The number of hydrogen-bond donors (Lipinski definition) is 1. The summed E-state index contributed by atoms with van der Waals surface area (Å²) < 4.78 is 0. The lowest BCUT2D eigenvalue weighted by Gasteiger charge is -2.33. The molecule has 0 aromatic rings. The molecule has 2 atom stereocenters. The molecule has 2 nitrogen and oxygen atoms in total. The lowest BCUT2D eigenvalue weighted by Crippen LogP contribution is -2.48. The zero-order valence-electron chi connectivity index (χ0n) is 10.8. The molecule has 0 spiro atoms. The van der Waals surface area contributed by atoms with Crippen molar-refractivity contribution >= 4 is 17.5 Å². The number of halogens is 1. The third kappa shape index (κ3) is 2.78. The molecule has 1 amide bonds. The van der Waals surface area contributed by atoms with Crippen molar-refractivity contribution in [2.75, 3.05) is 0 Å². The van der Waals surface area contributed by atoms with Gasteiger partial charge in [0.25, 0.3) is 0 Å². The first-order valence-corrected chi connectivity index (χ1v) is 7.57. The summed E-state index contributed by atoms with van der Waals surface area (Å²) in [5.41, 5.74) is -0.0753. The van der Waals surface area contributed by atoms with Crippen molar-refractivity contribution in [3.05, 3.63) is 0 Å². The summed E-state index contributed by atoms with van der Waals surface area (Å²) in [6.45, 7) is 2.14. The largest absolute Gasteiger partial charge is 0.351 e. The third-order valence-corrected chi connectivity index (χ3v) is 5.24. The molecule has 3 heteroatoms. The lowest BCUT2D eigenvalue weighted by molar-refractivity contribution is -0.132. The molecule has 0 bridgehead atoms. The predicted octanol–water partition coefficient (Wildman–Crippen LogP) is 3.62. The van der Waals surface area contributed by atoms with Gasteiger partial charge in [-0.3, -0.25) is 4.79 Å². The summed E-state index contributed by atoms with van der Waals surface area (Å²) in [5, 5.41) is 3.37. The van der Waals surface area contributed by atoms with Gasteiger partial charge >= 0.3 is 0 Å². The van der Waals surface area contributed by atoms with Crippen LogP contribution in [0.3, 0.4) is 0 Å². The number of carbonyl (C=O) groups excluding carboxylic acids is 1. The molecule has 0 aromatic heterocycles. The normalized spacial score (nSPS) is 32.4. The Morgan fingerprint density at radius 2 is 1.88 bits per heavy atom. The number of carbonyl (C=O) groups is 1. The van der Waals surface area contributed by atoms with Crippen molar-refractivity contribution in [2.24, 2.45) is 5.41 Å². The zero-order valence-corrected chi connectivity index (χ0v) is 11.6. The Kier molecular flexibility index (Phi) is 4.35. The van der Waals surface area contributed by atoms with E-state index in [1.54, 1.807) is 0 Å². The van der Waals surface area contributed by atoms with E-state index < -0.39 is 0 Å². The summed E-state index contributed by atoms with van der Waals surface area (Å²) in [6.07, 6.45) is 10.0. The highest BCUT2D eigenvalue weighted by Gasteiger charge is 2.40. The van der Waals surface area contributed by atoms with Gasteiger partial charge in [-0.25, -0.2) is 0 Å². The van der Waals surface area contributed by atoms with Gasteiger partial charge in [0.05, 0.1) is 5.38 Å². The molecular weight excluding hydrogens is 234 g/mol. The molecule has 0 radical (unpaired) electrons. The van der Waals surface area contributed by atoms with E-state index in [-0.39, 0.29) is 22.7 Å². The fraction of sp³-hybridized carbons (Fsp3) is 0.929. The SMILES string of the molecule is CCC1(C(=O)NC2CCCCC2Cl)CCCC1. The summed E-state index contributed by atoms with van der Waals surface area (Å²) in [4.78, 5) is 12.4. The number of amides is 1. The molecule has 98 valence electrons. The van der Waals surface area contributed by atoms with Crippen LogP contribution >= 0.6 is 11.6 Å². The first-order valence-electron chi connectivity index (χ1n) is 7.13. The van der Waals surface area contributed by atoms with Crippen molar-refractivity contribution in [3.8, 4) is 0 Å². The van der Waals surface area contributed by atoms with Crippen LogP contribution in [0.4, 0.5) is 0 Å². The lowest BCUT2D eigenvalue weighted by atomic mass is 9.81. The molecule has 0 aliphatic heterocycles. The standard InChI is InChI=1S/C14H24ClNO/c1-2-14(9-5-6-10-14)13(17)16-12-8-4-3-7-11(12)15/h11-12H,2-10H2,1H3,(H,16,17). The van der Waals surface area contributed by atoms with Crippen LogP contribution in [0.1, 0.15) is 64.7 Å². The second-order valence-corrected chi connectivity index (χ2v) is 6.28. The Bertz CT molecular complexity index is 273. The first-order chi connectivity index (χ1) is 8.18. The molecule has 2 saturated carbocycles. The van der Waals surface area contributed by atoms with Crippen LogP contribution in [0, 0.1) is 5.41 Å². The van der Waals surface area contributed by atoms with Gasteiger partial charge in [-0.2, -0.15) is 0 Å². The summed E-state index contributed by atoms with van der Waals surface area (Å²) in [7, 11) is 0. The molecule has 17 heavy (non-hydrogen) atoms. The van der Waals surface area contributed by atoms with Crippen LogP contribution in [-0.4, -0.2) is 17.3 Å². The van der Waals surface area contributed by atoms with Crippen LogP contribution in [0.2, 0.25) is 0 Å². The molecule has 2 aliphatic rings. The number of rotatable bonds is 3. The molecule has 2 aliphatic carbocycles. The molecule has 2 unspecified atom stereocenters. The Hall–Kier alpha value is -0.240. The Labute approximate surface area is 109 Å². The smallest absolute Gasteiger partial charge is 0.226 e. The van der Waals surface area contributed by atoms with Crippen molar-refractivity contribution in [1.82, 2.24) is 5.32 Å². The summed E-state index contributed by atoms with van der Waals surface area (Å²) >= 11 is 6.31. The Morgan fingerprint density at radius 1 is 1.24 bits per heavy atom. The van der Waals surface area contributed by atoms with E-state index in [1.807, 2.05) is 0 Å². The van der Waals surface area contributed by atoms with Gasteiger partial charge in [0.2, 0.25) is 5.91 Å². The van der Waals surface area contributed by atoms with Crippen molar-refractivity contribution in [1.29, 1.82) is 0 Å². The van der Waals surface area contributed by atoms with Gasteiger partial charge in [-0.05, 0) is 32.1 Å². The van der Waals surface area contributed by atoms with Gasteiger partial charge < -0.3 is 5.32 Å². The van der Waals surface area contributed by atoms with Crippen molar-refractivity contribution in [3.63, 3.8) is 0 Å². The highest BCUT2D eigenvalue weighted by molar-refractivity contribution is 6.21. The van der Waals surface area contributed by atoms with E-state index >= 15 is 0 Å². The highest BCUT2D eigenvalue weighted by Crippen LogP contribution is 2.41. The first kappa shape index (κ1) is 13.2. The monoisotopic (exact) mass is 257 g/mol. The average molecular weight is 258 g/mol. The van der Waals surface area contributed by atoms with Crippen LogP contribution < -0.4 is 5.32 Å². The topological polar surface area (TPSA) is 29.1 Å². The van der Waals surface area contributed by atoms with Gasteiger partial charge in [-0.1, -0.05) is 32.6 Å². The summed E-state index contributed by atoms with van der Waals surface area (Å²) in [5.74, 6) is 0.273. The van der Waals surface area contributed by atoms with Crippen LogP contribution in [0.25, 0.3) is 0 Å². The third-order valence-electron chi connectivity index (χ3n) is 4.72. The van der Waals surface area contributed by atoms with Gasteiger partial charge in [0.1, 0.15) is 0 Å². The van der Waals surface area contributed by atoms with E-state index in [0.29, 0.717) is 0 Å². The quantitative estimate of drug-likeness (QED) is 0.769. The van der Waals surface area contributed by atoms with E-state index in [0.717, 1.165) is 32.1 Å². The van der Waals surface area contributed by atoms with Crippen molar-refractivity contribution in [2.45, 2.75) is 76.1 Å². The van der Waals surface area contributed by atoms with E-state index in [1.165, 1.54) is 25.7 Å². The number of nitrogens with one attached hydrogen (secondary N) is 1. The molecule has 2 rings (SSSR count). The van der Waals surface area contributed by atoms with E-state index in [2.05, 4.69) is 12.2 Å².